The first-order valence-electron chi connectivity index (χ1n) is 15.9. The second-order valence-corrected chi connectivity index (χ2v) is 12.5. The number of ether oxygens (including phenoxy) is 3. The van der Waals surface area contributed by atoms with Crippen LogP contribution in [0.15, 0.2) is 132 Å². The van der Waals surface area contributed by atoms with Gasteiger partial charge in [0.15, 0.2) is 6.29 Å². The van der Waals surface area contributed by atoms with Crippen molar-refractivity contribution in [2.75, 3.05) is 11.1 Å². The molecule has 0 bridgehead atoms. The summed E-state index contributed by atoms with van der Waals surface area (Å²) in [7, 11) is 0. The Hall–Kier alpha value is -5.13. The maximum Gasteiger partial charge on any atom is 0.336 e. The van der Waals surface area contributed by atoms with E-state index >= 15 is 0 Å². The average molecular weight is 677 g/mol. The summed E-state index contributed by atoms with van der Waals surface area (Å²) >= 11 is 1.45. The Balaban J connectivity index is 1.07. The van der Waals surface area contributed by atoms with Crippen molar-refractivity contribution in [3.05, 3.63) is 155 Å². The van der Waals surface area contributed by atoms with Crippen molar-refractivity contribution in [2.45, 2.75) is 43.0 Å². The monoisotopic (exact) mass is 676 g/mol. The van der Waals surface area contributed by atoms with Crippen molar-refractivity contribution in [3.8, 4) is 11.5 Å². The lowest BCUT2D eigenvalue weighted by Crippen LogP contribution is -2.31. The van der Waals surface area contributed by atoms with E-state index in [1.807, 2.05) is 84.9 Å². The van der Waals surface area contributed by atoms with Gasteiger partial charge in [0.2, 0.25) is 0 Å². The van der Waals surface area contributed by atoms with Gasteiger partial charge >= 0.3 is 12.0 Å². The lowest BCUT2D eigenvalue weighted by molar-refractivity contribution is -0.245. The number of amides is 2. The molecular formula is C39H36N2O7S. The topological polar surface area (TPSA) is 126 Å². The predicted molar refractivity (Wildman–Crippen MR) is 188 cm³/mol. The number of urea groups is 1. The van der Waals surface area contributed by atoms with E-state index in [4.69, 9.17) is 14.2 Å². The minimum Gasteiger partial charge on any atom is -0.478 e. The molecule has 250 valence electrons. The summed E-state index contributed by atoms with van der Waals surface area (Å²) in [5.74, 6) is 0.976. The fourth-order valence-electron chi connectivity index (χ4n) is 5.36. The number of carbonyl (C=O) groups excluding carboxylic acids is 1. The summed E-state index contributed by atoms with van der Waals surface area (Å²) in [6.45, 7) is 0.274. The molecule has 49 heavy (non-hydrogen) atoms. The van der Waals surface area contributed by atoms with Crippen molar-refractivity contribution >= 4 is 29.4 Å². The number of rotatable bonds is 12. The minimum atomic E-state index is -0.967. The summed E-state index contributed by atoms with van der Waals surface area (Å²) in [5.41, 5.74) is 4.40. The van der Waals surface area contributed by atoms with Crippen LogP contribution >= 0.6 is 11.8 Å². The number of carboxylic acid groups (broad SMARTS) is 1. The van der Waals surface area contributed by atoms with Gasteiger partial charge < -0.3 is 35.1 Å². The van der Waals surface area contributed by atoms with Crippen LogP contribution in [0.2, 0.25) is 0 Å². The maximum atomic E-state index is 12.6. The molecule has 5 aromatic carbocycles. The molecule has 0 spiro atoms. The van der Waals surface area contributed by atoms with Gasteiger partial charge in [-0.25, -0.2) is 9.59 Å². The molecule has 4 N–H and O–H groups in total. The molecular weight excluding hydrogens is 641 g/mol. The van der Waals surface area contributed by atoms with E-state index in [2.05, 4.69) is 10.6 Å². The molecule has 0 aromatic heterocycles. The fraction of sp³-hybridized carbons (Fsp3) is 0.179. The Bertz CT molecular complexity index is 1840. The van der Waals surface area contributed by atoms with E-state index in [1.165, 1.54) is 11.8 Å². The van der Waals surface area contributed by atoms with Crippen LogP contribution in [0.3, 0.4) is 0 Å². The number of para-hydroxylation sites is 1. The van der Waals surface area contributed by atoms with E-state index in [0.717, 1.165) is 28.0 Å². The molecule has 1 aliphatic rings. The van der Waals surface area contributed by atoms with E-state index in [-0.39, 0.29) is 30.4 Å². The lowest BCUT2D eigenvalue weighted by atomic mass is 10.0. The first-order valence-corrected chi connectivity index (χ1v) is 16.8. The third-order valence-electron chi connectivity index (χ3n) is 7.95. The molecule has 6 rings (SSSR count). The highest BCUT2D eigenvalue weighted by molar-refractivity contribution is 7.99. The normalized spacial score (nSPS) is 17.2. The smallest absolute Gasteiger partial charge is 0.336 e. The molecule has 1 saturated heterocycles. The highest BCUT2D eigenvalue weighted by atomic mass is 32.2. The van der Waals surface area contributed by atoms with Gasteiger partial charge in [-0.3, -0.25) is 0 Å². The molecule has 1 heterocycles. The van der Waals surface area contributed by atoms with Gasteiger partial charge in [0.1, 0.15) is 11.5 Å². The van der Waals surface area contributed by atoms with Crippen LogP contribution in [0.1, 0.15) is 51.4 Å². The number of hydrogen-bond donors (Lipinski definition) is 4. The van der Waals surface area contributed by atoms with E-state index in [0.29, 0.717) is 35.1 Å². The standard InChI is InChI=1S/C39H36N2O7S/c42-24-27-12-14-28(15-13-27)35-22-33(25-49-36-9-5-4-8-34(36)37(43)44)47-38(48-35)29-16-10-26(11-17-29)23-40-39(45)41-30-18-20-32(21-19-30)46-31-6-2-1-3-7-31/h1-21,33,35,38,42H,22-25H2,(H,43,44)(H2,40,41,45)/t33-,35+,38+/m0/s1. The second-order valence-electron chi connectivity index (χ2n) is 11.5. The Labute approximate surface area is 288 Å². The number of aliphatic hydroxyl groups is 1. The third kappa shape index (κ3) is 9.27. The summed E-state index contributed by atoms with van der Waals surface area (Å²) in [5, 5.41) is 24.8. The largest absolute Gasteiger partial charge is 0.478 e. The molecule has 1 fully saturated rings. The molecule has 0 aliphatic carbocycles. The number of thioether (sulfide) groups is 1. The van der Waals surface area contributed by atoms with Crippen LogP contribution in [0.4, 0.5) is 10.5 Å². The van der Waals surface area contributed by atoms with Crippen LogP contribution in [0.5, 0.6) is 11.5 Å². The number of anilines is 1. The molecule has 5 aromatic rings. The summed E-state index contributed by atoms with van der Waals surface area (Å²) < 4.78 is 18.7. The fourth-order valence-corrected chi connectivity index (χ4v) is 6.42. The predicted octanol–water partition coefficient (Wildman–Crippen LogP) is 8.33. The molecule has 2 amide bonds. The summed E-state index contributed by atoms with van der Waals surface area (Å²) in [4.78, 5) is 25.0. The number of carbonyl (C=O) groups is 2. The number of carboxylic acids is 1. The molecule has 1 aliphatic heterocycles. The third-order valence-corrected chi connectivity index (χ3v) is 9.16. The van der Waals surface area contributed by atoms with Crippen molar-refractivity contribution in [1.29, 1.82) is 0 Å². The number of aromatic carboxylic acids is 1. The highest BCUT2D eigenvalue weighted by Crippen LogP contribution is 2.40. The van der Waals surface area contributed by atoms with E-state index < -0.39 is 12.3 Å². The molecule has 9 nitrogen and oxygen atoms in total. The lowest BCUT2D eigenvalue weighted by Gasteiger charge is -2.36. The van der Waals surface area contributed by atoms with Gasteiger partial charge in [-0.05, 0) is 65.2 Å². The number of aliphatic hydroxyl groups excluding tert-OH is 1. The van der Waals surface area contributed by atoms with Gasteiger partial charge in [-0.15, -0.1) is 11.8 Å². The van der Waals surface area contributed by atoms with Gasteiger partial charge in [0.25, 0.3) is 0 Å². The Morgan fingerprint density at radius 1 is 0.755 bits per heavy atom. The zero-order valence-electron chi connectivity index (χ0n) is 26.5. The van der Waals surface area contributed by atoms with E-state index in [1.54, 1.807) is 42.5 Å². The molecule has 0 unspecified atom stereocenters. The maximum absolute atomic E-state index is 12.6. The molecule has 0 radical (unpaired) electrons. The zero-order chi connectivity index (χ0) is 34.0. The minimum absolute atomic E-state index is 0.0413. The van der Waals surface area contributed by atoms with Gasteiger partial charge in [0, 0.05) is 34.9 Å². The van der Waals surface area contributed by atoms with Crippen molar-refractivity contribution < 1.29 is 34.0 Å². The average Bonchev–Trinajstić information content (AvgIpc) is 3.14. The quantitative estimate of drug-likeness (QED) is 0.0972. The Morgan fingerprint density at radius 3 is 2.12 bits per heavy atom. The SMILES string of the molecule is O=C(NCc1ccc([C@@H]2O[C@H](CSc3ccccc3C(=O)O)C[C@H](c3ccc(CO)cc3)O2)cc1)Nc1ccc(Oc2ccccc2)cc1. The van der Waals surface area contributed by atoms with Gasteiger partial charge in [-0.2, -0.15) is 0 Å². The Morgan fingerprint density at radius 2 is 1.41 bits per heavy atom. The van der Waals surface area contributed by atoms with E-state index in [9.17, 15) is 19.8 Å². The second kappa shape index (κ2) is 16.3. The first kappa shape index (κ1) is 33.8. The van der Waals surface area contributed by atoms with Crippen LogP contribution in [-0.2, 0) is 22.6 Å². The Kier molecular flexibility index (Phi) is 11.2. The number of hydrogen-bond acceptors (Lipinski definition) is 7. The molecule has 10 heteroatoms. The van der Waals surface area contributed by atoms with Crippen molar-refractivity contribution in [2.24, 2.45) is 0 Å². The molecule has 0 saturated carbocycles. The molecule has 3 atom stereocenters. The summed E-state index contributed by atoms with van der Waals surface area (Å²) in [6.07, 6.45) is -0.569. The van der Waals surface area contributed by atoms with Crippen LogP contribution in [0.25, 0.3) is 0 Å². The number of benzene rings is 5. The van der Waals surface area contributed by atoms with Crippen molar-refractivity contribution in [1.82, 2.24) is 5.32 Å². The van der Waals surface area contributed by atoms with Crippen LogP contribution in [-0.4, -0.2) is 34.1 Å². The van der Waals surface area contributed by atoms with Crippen molar-refractivity contribution in [3.63, 3.8) is 0 Å². The first-order chi connectivity index (χ1) is 23.9. The number of nitrogens with one attached hydrogen (secondary N) is 2. The summed E-state index contributed by atoms with van der Waals surface area (Å²) in [6, 6.07) is 38.6. The van der Waals surface area contributed by atoms with Gasteiger partial charge in [-0.1, -0.05) is 78.9 Å². The van der Waals surface area contributed by atoms with Crippen LogP contribution < -0.4 is 15.4 Å². The zero-order valence-corrected chi connectivity index (χ0v) is 27.3. The van der Waals surface area contributed by atoms with Gasteiger partial charge in [0.05, 0.1) is 24.4 Å². The van der Waals surface area contributed by atoms with Crippen LogP contribution in [0, 0.1) is 0 Å². The highest BCUT2D eigenvalue weighted by Gasteiger charge is 2.32.